The van der Waals surface area contributed by atoms with Crippen LogP contribution < -0.4 is 0 Å². The first kappa shape index (κ1) is 99.1. The summed E-state index contributed by atoms with van der Waals surface area (Å²) in [4.78, 5) is 86.8. The number of hydrogen-bond acceptors (Lipinski definition) is 32. The van der Waals surface area contributed by atoms with Gasteiger partial charge < -0.3 is 61.3 Å². The Balaban J connectivity index is 7.34. The molecule has 0 aromatic rings. The van der Waals surface area contributed by atoms with Crippen LogP contribution in [0.25, 0.3) is 0 Å². The van der Waals surface area contributed by atoms with Gasteiger partial charge in [0.25, 0.3) is 0 Å². The first-order valence-electron chi connectivity index (χ1n) is 36.8. The highest BCUT2D eigenvalue weighted by atomic mass is 16.7. The first-order chi connectivity index (χ1) is 48.2. The maximum Gasteiger partial charge on any atom is 0.212 e. The Morgan fingerprint density at radius 1 is 0.231 bits per heavy atom. The number of hydrogen-bond donors (Lipinski definition) is 12. The Kier molecular flexibility index (Phi) is 49.7. The van der Waals surface area contributed by atoms with E-state index in [4.69, 9.17) is 0 Å². The molecule has 0 aliphatic carbocycles. The van der Waals surface area contributed by atoms with Gasteiger partial charge in [-0.3, -0.25) is 100 Å². The molecule has 23 atom stereocenters. The molecule has 0 amide bonds. The van der Waals surface area contributed by atoms with Crippen LogP contribution in [-0.4, -0.2) is 356 Å². The molecule has 0 aromatic carbocycles. The molecule has 0 heterocycles. The Morgan fingerprint density at radius 2 is 0.375 bits per heavy atom. The van der Waals surface area contributed by atoms with Crippen LogP contribution in [0.1, 0.15) is 186 Å². The molecular weight excluding hydrogens is 1380 g/mol. The van der Waals surface area contributed by atoms with Crippen molar-refractivity contribution in [2.24, 2.45) is 0 Å². The third kappa shape index (κ3) is 44.4. The summed E-state index contributed by atoms with van der Waals surface area (Å²) in [6, 6.07) is -10.4. The Labute approximate surface area is 611 Å². The van der Waals surface area contributed by atoms with Crippen LogP contribution in [-0.2, 0) is 0 Å². The molecular formula is C65H131N13O26. The van der Waals surface area contributed by atoms with E-state index in [-0.39, 0.29) is 162 Å². The maximum atomic E-state index is 11.9. The van der Waals surface area contributed by atoms with E-state index < -0.39 is 174 Å². The smallest absolute Gasteiger partial charge is 0.212 e. The fourth-order valence-electron chi connectivity index (χ4n) is 13.1. The summed E-state index contributed by atoms with van der Waals surface area (Å²) in [5.41, 5.74) is 0. The third-order valence-electron chi connectivity index (χ3n) is 19.4. The topological polar surface area (TPSA) is 564 Å². The molecule has 0 spiro atoms. The SMILES string of the molecule is CCC(O)CN(CC(O)CC(C)[N+](=O)[O-])C(C)CC(O)CN(CCCCCCN(CC(O)CC(C)N(CC(O)CC(C)[N+](=O)[O-])CC(O)CC(C)[N+](=O)[O-])CC(O)CC(C)N(CC(O)CC(C)[N+](=O)[O-])CC(O)CC(C)[N+](=O)[O-])CC(O)CC(C)N(CC(O)CC(C)[N+](=O)[O-])CC(O)CC(C)[N+](=O)[O-]. The van der Waals surface area contributed by atoms with E-state index in [0.717, 1.165) is 0 Å². The highest BCUT2D eigenvalue weighted by molar-refractivity contribution is 4.86. The molecule has 0 fully saturated rings. The molecule has 0 saturated carbocycles. The van der Waals surface area contributed by atoms with Gasteiger partial charge >= 0.3 is 0 Å². The molecule has 612 valence electrons. The van der Waals surface area contributed by atoms with Gasteiger partial charge in [0, 0.05) is 231 Å². The van der Waals surface area contributed by atoms with Gasteiger partial charge in [-0.05, 0) is 85.7 Å². The molecule has 0 rings (SSSR count). The molecule has 0 radical (unpaired) electrons. The average molecular weight is 1510 g/mol. The zero-order chi connectivity index (χ0) is 80.0. The van der Waals surface area contributed by atoms with Crippen LogP contribution in [0.2, 0.25) is 0 Å². The minimum Gasteiger partial charge on any atom is -0.392 e. The van der Waals surface area contributed by atoms with E-state index in [1.165, 1.54) is 48.5 Å². The molecule has 0 bridgehead atoms. The molecule has 39 nitrogen and oxygen atoms in total. The van der Waals surface area contributed by atoms with E-state index in [0.29, 0.717) is 32.1 Å². The second kappa shape index (κ2) is 52.2. The molecule has 104 heavy (non-hydrogen) atoms. The van der Waals surface area contributed by atoms with Crippen molar-refractivity contribution in [3.05, 3.63) is 70.8 Å². The van der Waals surface area contributed by atoms with Crippen LogP contribution in [0.15, 0.2) is 0 Å². The van der Waals surface area contributed by atoms with Crippen LogP contribution in [0, 0.1) is 70.8 Å². The number of unbranched alkanes of at least 4 members (excludes halogenated alkanes) is 3. The zero-order valence-electron chi connectivity index (χ0n) is 63.4. The number of aliphatic hydroxyl groups excluding tert-OH is 12. The van der Waals surface area contributed by atoms with Crippen LogP contribution in [0.3, 0.4) is 0 Å². The van der Waals surface area contributed by atoms with E-state index in [2.05, 4.69) is 0 Å². The van der Waals surface area contributed by atoms with Gasteiger partial charge in [0.05, 0.1) is 73.2 Å². The van der Waals surface area contributed by atoms with Crippen molar-refractivity contribution in [1.82, 2.24) is 29.4 Å². The lowest BCUT2D eigenvalue weighted by Crippen LogP contribution is -2.48. The molecule has 0 aromatic heterocycles. The fraction of sp³-hybridized carbons (Fsp3) is 1.00. The van der Waals surface area contributed by atoms with Crippen LogP contribution in [0.4, 0.5) is 0 Å². The molecule has 23 unspecified atom stereocenters. The van der Waals surface area contributed by atoms with Gasteiger partial charge in [0.15, 0.2) is 0 Å². The Bertz CT molecular complexity index is 2260. The van der Waals surface area contributed by atoms with Crippen molar-refractivity contribution < 1.29 is 95.7 Å². The van der Waals surface area contributed by atoms with E-state index in [1.807, 2.05) is 4.90 Å². The summed E-state index contributed by atoms with van der Waals surface area (Å²) in [7, 11) is 0. The van der Waals surface area contributed by atoms with Gasteiger partial charge in [0.1, 0.15) is 0 Å². The number of nitro groups is 7. The van der Waals surface area contributed by atoms with E-state index >= 15 is 0 Å². The molecule has 0 aliphatic rings. The highest BCUT2D eigenvalue weighted by Gasteiger charge is 2.34. The lowest BCUT2D eigenvalue weighted by atomic mass is 10.0. The monoisotopic (exact) mass is 1510 g/mol. The van der Waals surface area contributed by atoms with Gasteiger partial charge in [-0.25, -0.2) is 0 Å². The van der Waals surface area contributed by atoms with E-state index in [9.17, 15) is 132 Å². The Hall–Kier alpha value is -4.92. The van der Waals surface area contributed by atoms with Gasteiger partial charge in [-0.1, -0.05) is 19.8 Å². The largest absolute Gasteiger partial charge is 0.392 e. The fourth-order valence-corrected chi connectivity index (χ4v) is 13.1. The average Bonchev–Trinajstić information content (AvgIpc) is 0.891. The summed E-state index contributed by atoms with van der Waals surface area (Å²) in [5.74, 6) is 0. The second-order valence-electron chi connectivity index (χ2n) is 29.9. The number of aliphatic hydroxyl groups is 12. The zero-order valence-corrected chi connectivity index (χ0v) is 63.4. The third-order valence-corrected chi connectivity index (χ3v) is 19.4. The maximum absolute atomic E-state index is 11.9. The standard InChI is InChI=1S/C65H131N13O26/c1-13-54(79)35-68(36-59(84)24-47(6)72(91)92)43(2)20-55(80)31-66(32-56(81)21-44(3)69(37-60(85)25-48(7)73(93)94)38-61(86)26-49(8)74(95)96)18-16-14-15-17-19-67(33-57(82)22-45(4)70(39-62(87)27-50(9)75(97)98)40-63(88)28-51(10)76(99)100)34-58(83)23-46(5)71(41-64(89)29-52(11)77(101)102)42-65(90)30-53(12)78(103)104/h43-65,79-90H,13-42H2,1-12H3. The normalized spacial score (nSPS) is 19.1. The van der Waals surface area contributed by atoms with Crippen molar-refractivity contribution >= 4 is 0 Å². The predicted molar refractivity (Wildman–Crippen MR) is 384 cm³/mol. The van der Waals surface area contributed by atoms with Gasteiger partial charge in [0.2, 0.25) is 42.3 Å². The first-order valence-corrected chi connectivity index (χ1v) is 36.8. The van der Waals surface area contributed by atoms with Crippen molar-refractivity contribution in [1.29, 1.82) is 0 Å². The quantitative estimate of drug-likeness (QED) is 0.0225. The summed E-state index contributed by atoms with van der Waals surface area (Å²) < 4.78 is 0. The molecule has 0 saturated heterocycles. The van der Waals surface area contributed by atoms with Crippen molar-refractivity contribution in [2.75, 3.05) is 91.6 Å². The Morgan fingerprint density at radius 3 is 0.519 bits per heavy atom. The van der Waals surface area contributed by atoms with Crippen LogP contribution >= 0.6 is 0 Å². The lowest BCUT2D eigenvalue weighted by Gasteiger charge is -2.36. The molecule has 0 aliphatic heterocycles. The van der Waals surface area contributed by atoms with Gasteiger partial charge in [-0.15, -0.1) is 0 Å². The number of nitrogens with zero attached hydrogens (tertiary/aromatic N) is 13. The molecule has 12 N–H and O–H groups in total. The lowest BCUT2D eigenvalue weighted by molar-refractivity contribution is -0.521. The minimum absolute atomic E-state index is 0.00493. The van der Waals surface area contributed by atoms with Gasteiger partial charge in [-0.2, -0.15) is 0 Å². The van der Waals surface area contributed by atoms with Crippen molar-refractivity contribution in [2.45, 2.75) is 326 Å². The second-order valence-corrected chi connectivity index (χ2v) is 29.9. The van der Waals surface area contributed by atoms with E-state index in [1.54, 1.807) is 59.1 Å². The summed E-state index contributed by atoms with van der Waals surface area (Å²) in [6.07, 6.45) is -13.6. The summed E-state index contributed by atoms with van der Waals surface area (Å²) in [6.45, 7) is 17.0. The minimum atomic E-state index is -1.28. The molecule has 39 heteroatoms. The summed E-state index contributed by atoms with van der Waals surface area (Å²) >= 11 is 0. The van der Waals surface area contributed by atoms with Crippen molar-refractivity contribution in [3.63, 3.8) is 0 Å². The highest BCUT2D eigenvalue weighted by Crippen LogP contribution is 2.22. The van der Waals surface area contributed by atoms with Crippen molar-refractivity contribution in [3.8, 4) is 0 Å². The van der Waals surface area contributed by atoms with Crippen LogP contribution in [0.5, 0.6) is 0 Å². The summed E-state index contributed by atoms with van der Waals surface area (Å²) in [5, 5.41) is 216. The number of rotatable bonds is 65. The predicted octanol–water partition coefficient (Wildman–Crippen LogP) is 0.601.